The quantitative estimate of drug-likeness (QED) is 0.664. The number of aromatic nitrogens is 3. The number of halogens is 4. The van der Waals surface area contributed by atoms with Gasteiger partial charge >= 0.3 is 11.9 Å². The summed E-state index contributed by atoms with van der Waals surface area (Å²) in [6.45, 7) is 0. The molecule has 0 spiro atoms. The van der Waals surface area contributed by atoms with Gasteiger partial charge in [0.15, 0.2) is 5.65 Å². The average Bonchev–Trinajstić information content (AvgIpc) is 2.63. The molecule has 0 aliphatic heterocycles. The van der Waals surface area contributed by atoms with Crippen LogP contribution in [0.25, 0.3) is 22.1 Å². The molecule has 0 amide bonds. The van der Waals surface area contributed by atoms with Crippen molar-refractivity contribution in [2.75, 3.05) is 0 Å². The number of H-pyrrole nitrogens is 2. The van der Waals surface area contributed by atoms with Gasteiger partial charge in [-0.15, -0.1) is 0 Å². The van der Waals surface area contributed by atoms with Crippen LogP contribution in [0.5, 0.6) is 0 Å². The maximum atomic E-state index is 13.0. The summed E-state index contributed by atoms with van der Waals surface area (Å²) in [5.74, 6) is 0. The summed E-state index contributed by atoms with van der Waals surface area (Å²) >= 11 is 2.89. The van der Waals surface area contributed by atoms with Gasteiger partial charge in [0.05, 0.1) is 16.6 Å². The fourth-order valence-electron chi connectivity index (χ4n) is 1.96. The summed E-state index contributed by atoms with van der Waals surface area (Å²) < 4.78 is 39.1. The highest BCUT2D eigenvalue weighted by Crippen LogP contribution is 2.39. The summed E-state index contributed by atoms with van der Waals surface area (Å²) in [5.41, 5.74) is -0.681. The van der Waals surface area contributed by atoms with E-state index in [0.717, 1.165) is 0 Å². The third-order valence-corrected chi connectivity index (χ3v) is 3.37. The summed E-state index contributed by atoms with van der Waals surface area (Å²) in [6, 6.07) is 4.01. The van der Waals surface area contributed by atoms with Gasteiger partial charge in [0.2, 0.25) is 0 Å². The van der Waals surface area contributed by atoms with Crippen LogP contribution in [-0.2, 0) is 6.18 Å². The van der Waals surface area contributed by atoms with Crippen molar-refractivity contribution in [3.8, 4) is 0 Å². The molecule has 2 heterocycles. The molecule has 0 saturated carbocycles. The van der Waals surface area contributed by atoms with Crippen molar-refractivity contribution in [3.63, 3.8) is 0 Å². The maximum Gasteiger partial charge on any atom is 0.418 e. The Morgan fingerprint density at radius 1 is 1.21 bits per heavy atom. The molecule has 0 fully saturated rings. The van der Waals surface area contributed by atoms with E-state index >= 15 is 0 Å². The summed E-state index contributed by atoms with van der Waals surface area (Å²) in [7, 11) is 0. The van der Waals surface area contributed by atoms with E-state index in [-0.39, 0.29) is 26.5 Å². The third kappa shape index (κ3) is 1.92. The molecule has 8 heteroatoms. The molecule has 3 aromatic rings. The first-order valence-corrected chi connectivity index (χ1v) is 5.94. The van der Waals surface area contributed by atoms with Crippen LogP contribution in [0.3, 0.4) is 0 Å². The highest BCUT2D eigenvalue weighted by atomic mass is 79.9. The third-order valence-electron chi connectivity index (χ3n) is 2.71. The van der Waals surface area contributed by atoms with Crippen LogP contribution in [0, 0.1) is 0 Å². The van der Waals surface area contributed by atoms with Gasteiger partial charge in [0, 0.05) is 9.86 Å². The number of nitrogens with one attached hydrogen (secondary N) is 2. The average molecular weight is 332 g/mol. The Bertz CT molecular complexity index is 850. The number of hydrogen-bond acceptors (Lipinski definition) is 2. The topological polar surface area (TPSA) is 61.5 Å². The molecule has 3 rings (SSSR count). The molecule has 2 N–H and O–H groups in total. The van der Waals surface area contributed by atoms with Gasteiger partial charge in [-0.25, -0.2) is 9.78 Å². The van der Waals surface area contributed by atoms with E-state index in [1.54, 1.807) is 0 Å². The second-order valence-electron chi connectivity index (χ2n) is 3.95. The smallest absolute Gasteiger partial charge is 0.304 e. The number of fused-ring (bicyclic) bond motifs is 2. The second-order valence-corrected chi connectivity index (χ2v) is 4.80. The van der Waals surface area contributed by atoms with E-state index in [4.69, 9.17) is 0 Å². The number of rotatable bonds is 0. The Hall–Kier alpha value is -1.83. The maximum absolute atomic E-state index is 13.0. The number of pyridine rings is 1. The van der Waals surface area contributed by atoms with Crippen molar-refractivity contribution in [2.45, 2.75) is 6.18 Å². The molecule has 0 aliphatic carbocycles. The fraction of sp³-hybridized carbons (Fsp3) is 0.0909. The number of aromatic amines is 2. The van der Waals surface area contributed by atoms with Gasteiger partial charge in [-0.3, -0.25) is 4.98 Å². The number of imidazole rings is 1. The zero-order valence-corrected chi connectivity index (χ0v) is 10.7. The Morgan fingerprint density at radius 3 is 2.63 bits per heavy atom. The Labute approximate surface area is 111 Å². The Kier molecular flexibility index (Phi) is 2.46. The highest BCUT2D eigenvalue weighted by molar-refractivity contribution is 9.10. The van der Waals surface area contributed by atoms with E-state index in [1.165, 1.54) is 18.2 Å². The van der Waals surface area contributed by atoms with E-state index in [1.807, 2.05) is 0 Å². The SMILES string of the molecule is O=c1[nH]c2cc3c(C(F)(F)F)c(Br)ccc3nc2[nH]1. The zero-order chi connectivity index (χ0) is 13.8. The van der Waals surface area contributed by atoms with E-state index in [0.29, 0.717) is 0 Å². The normalized spacial score (nSPS) is 12.4. The molecule has 0 aliphatic rings. The lowest BCUT2D eigenvalue weighted by atomic mass is 10.1. The second kappa shape index (κ2) is 3.83. The predicted octanol–water partition coefficient (Wildman–Crippen LogP) is 3.19. The summed E-state index contributed by atoms with van der Waals surface area (Å²) in [4.78, 5) is 19.9. The number of benzene rings is 1. The minimum Gasteiger partial charge on any atom is -0.304 e. The summed E-state index contributed by atoms with van der Waals surface area (Å²) in [6.07, 6.45) is -4.51. The van der Waals surface area contributed by atoms with Crippen molar-refractivity contribution in [2.24, 2.45) is 0 Å². The molecule has 0 atom stereocenters. The number of nitrogens with zero attached hydrogens (tertiary/aromatic N) is 1. The van der Waals surface area contributed by atoms with Crippen molar-refractivity contribution in [3.05, 3.63) is 38.7 Å². The van der Waals surface area contributed by atoms with Gasteiger partial charge < -0.3 is 4.98 Å². The highest BCUT2D eigenvalue weighted by Gasteiger charge is 2.35. The van der Waals surface area contributed by atoms with Crippen molar-refractivity contribution >= 4 is 38.0 Å². The number of alkyl halides is 3. The lowest BCUT2D eigenvalue weighted by Crippen LogP contribution is -2.07. The minimum absolute atomic E-state index is 0.0634. The molecule has 19 heavy (non-hydrogen) atoms. The van der Waals surface area contributed by atoms with E-state index < -0.39 is 17.4 Å². The number of hydrogen-bond donors (Lipinski definition) is 2. The van der Waals surface area contributed by atoms with Crippen LogP contribution in [-0.4, -0.2) is 15.0 Å². The monoisotopic (exact) mass is 331 g/mol. The lowest BCUT2D eigenvalue weighted by molar-refractivity contribution is -0.136. The van der Waals surface area contributed by atoms with E-state index in [9.17, 15) is 18.0 Å². The Balaban J connectivity index is 2.50. The molecule has 0 radical (unpaired) electrons. The first kappa shape index (κ1) is 12.2. The van der Waals surface area contributed by atoms with Crippen molar-refractivity contribution in [1.29, 1.82) is 0 Å². The van der Waals surface area contributed by atoms with Gasteiger partial charge in [0.1, 0.15) is 0 Å². The first-order valence-electron chi connectivity index (χ1n) is 5.15. The standard InChI is InChI=1S/C11H5BrF3N3O/c12-5-1-2-6-4(8(5)11(13,14)15)3-7-9(16-6)18-10(19)17-7/h1-3H,(H2,16,17,18,19). The largest absolute Gasteiger partial charge is 0.418 e. The van der Waals surface area contributed by atoms with E-state index in [2.05, 4.69) is 30.9 Å². The molecule has 2 aromatic heterocycles. The van der Waals surface area contributed by atoms with Gasteiger partial charge in [-0.05, 0) is 18.2 Å². The molecule has 4 nitrogen and oxygen atoms in total. The van der Waals surface area contributed by atoms with Crippen LogP contribution in [0.2, 0.25) is 0 Å². The Morgan fingerprint density at radius 2 is 1.95 bits per heavy atom. The van der Waals surface area contributed by atoms with Gasteiger partial charge in [-0.2, -0.15) is 13.2 Å². The fourth-order valence-corrected chi connectivity index (χ4v) is 2.53. The van der Waals surface area contributed by atoms with Gasteiger partial charge in [-0.1, -0.05) is 15.9 Å². The van der Waals surface area contributed by atoms with Crippen LogP contribution in [0.4, 0.5) is 13.2 Å². The first-order chi connectivity index (χ1) is 8.86. The molecule has 0 bridgehead atoms. The molecule has 1 aromatic carbocycles. The molecule has 0 unspecified atom stereocenters. The minimum atomic E-state index is -4.51. The molecular weight excluding hydrogens is 327 g/mol. The predicted molar refractivity (Wildman–Crippen MR) is 66.9 cm³/mol. The molecule has 98 valence electrons. The molecule has 0 saturated heterocycles. The van der Waals surface area contributed by atoms with Crippen LogP contribution in [0.15, 0.2) is 27.5 Å². The molecular formula is C11H5BrF3N3O. The summed E-state index contributed by atoms with van der Waals surface area (Å²) in [5, 5.41) is -0.0652. The van der Waals surface area contributed by atoms with Crippen molar-refractivity contribution in [1.82, 2.24) is 15.0 Å². The van der Waals surface area contributed by atoms with Gasteiger partial charge in [0.25, 0.3) is 0 Å². The zero-order valence-electron chi connectivity index (χ0n) is 9.10. The van der Waals surface area contributed by atoms with Crippen LogP contribution >= 0.6 is 15.9 Å². The van der Waals surface area contributed by atoms with Crippen LogP contribution in [0.1, 0.15) is 5.56 Å². The van der Waals surface area contributed by atoms with Crippen molar-refractivity contribution < 1.29 is 13.2 Å². The lowest BCUT2D eigenvalue weighted by Gasteiger charge is -2.12. The van der Waals surface area contributed by atoms with Crippen LogP contribution < -0.4 is 5.69 Å².